The summed E-state index contributed by atoms with van der Waals surface area (Å²) in [4.78, 5) is 18.9. The van der Waals surface area contributed by atoms with Gasteiger partial charge in [0.2, 0.25) is 0 Å². The average Bonchev–Trinajstić information content (AvgIpc) is 3.23. The van der Waals surface area contributed by atoms with Crippen molar-refractivity contribution >= 4 is 17.4 Å². The number of aryl methyl sites for hydroxylation is 1. The number of likely N-dealkylation sites (tertiary alicyclic amines) is 1. The normalized spacial score (nSPS) is 16.8. The molecule has 1 unspecified atom stereocenters. The molecule has 24 heavy (non-hydrogen) atoms. The molecular formula is C18H20N4OS. The van der Waals surface area contributed by atoms with Gasteiger partial charge >= 0.3 is 6.03 Å². The first-order valence-electron chi connectivity index (χ1n) is 8.13. The quantitative estimate of drug-likeness (QED) is 0.927. The number of urea groups is 1. The Bertz CT molecular complexity index is 764. The lowest BCUT2D eigenvalue weighted by molar-refractivity contribution is 0.192. The van der Waals surface area contributed by atoms with Crippen molar-refractivity contribution in [1.82, 2.24) is 15.2 Å². The van der Waals surface area contributed by atoms with Crippen LogP contribution in [-0.2, 0) is 6.42 Å². The van der Waals surface area contributed by atoms with E-state index in [2.05, 4.69) is 21.8 Å². The van der Waals surface area contributed by atoms with Gasteiger partial charge in [-0.1, -0.05) is 12.1 Å². The number of hydrogen-bond acceptors (Lipinski definition) is 4. The van der Waals surface area contributed by atoms with E-state index in [1.54, 1.807) is 17.4 Å². The first kappa shape index (κ1) is 16.5. The number of benzene rings is 1. The fourth-order valence-electron chi connectivity index (χ4n) is 3.06. The number of nitrogens with one attached hydrogen (secondary N) is 1. The van der Waals surface area contributed by atoms with Gasteiger partial charge in [0.1, 0.15) is 0 Å². The molecule has 1 N–H and O–H groups in total. The molecule has 0 aliphatic carbocycles. The number of carbonyl (C=O) groups excluding carboxylic acids is 1. The fourth-order valence-corrected chi connectivity index (χ4v) is 3.72. The summed E-state index contributed by atoms with van der Waals surface area (Å²) in [5.74, 6) is 0. The third kappa shape index (κ3) is 3.74. The van der Waals surface area contributed by atoms with Crippen LogP contribution in [0.2, 0.25) is 0 Å². The summed E-state index contributed by atoms with van der Waals surface area (Å²) in [7, 11) is 0. The Morgan fingerprint density at radius 1 is 1.54 bits per heavy atom. The predicted molar refractivity (Wildman–Crippen MR) is 93.8 cm³/mol. The van der Waals surface area contributed by atoms with Crippen LogP contribution in [0.3, 0.4) is 0 Å². The molecule has 2 heterocycles. The zero-order valence-corrected chi connectivity index (χ0v) is 14.5. The maximum absolute atomic E-state index is 12.5. The Balaban J connectivity index is 1.55. The highest BCUT2D eigenvalue weighted by Gasteiger charge is 2.31. The summed E-state index contributed by atoms with van der Waals surface area (Å²) in [5, 5.41) is 15.0. The minimum absolute atomic E-state index is 0.0282. The average molecular weight is 340 g/mol. The summed E-state index contributed by atoms with van der Waals surface area (Å²) in [6, 6.07) is 9.70. The van der Waals surface area contributed by atoms with Crippen molar-refractivity contribution in [2.75, 3.05) is 13.1 Å². The summed E-state index contributed by atoms with van der Waals surface area (Å²) < 4.78 is 0. The zero-order valence-electron chi connectivity index (χ0n) is 13.7. The molecule has 124 valence electrons. The minimum Gasteiger partial charge on any atom is -0.338 e. The summed E-state index contributed by atoms with van der Waals surface area (Å²) >= 11 is 1.63. The van der Waals surface area contributed by atoms with Crippen LogP contribution in [0.1, 0.15) is 40.7 Å². The number of rotatable bonds is 4. The molecule has 0 bridgehead atoms. The molecule has 1 aromatic carbocycles. The largest absolute Gasteiger partial charge is 0.338 e. The van der Waals surface area contributed by atoms with Crippen molar-refractivity contribution in [2.45, 2.75) is 32.2 Å². The van der Waals surface area contributed by atoms with Crippen LogP contribution in [0.15, 0.2) is 29.6 Å². The molecule has 1 fully saturated rings. The van der Waals surface area contributed by atoms with Crippen LogP contribution in [0.25, 0.3) is 0 Å². The van der Waals surface area contributed by atoms with Crippen molar-refractivity contribution < 1.29 is 4.79 Å². The van der Waals surface area contributed by atoms with Crippen LogP contribution >= 0.6 is 11.3 Å². The Hall–Kier alpha value is -2.39. The molecule has 2 aromatic rings. The van der Waals surface area contributed by atoms with Gasteiger partial charge in [-0.15, -0.1) is 11.3 Å². The van der Waals surface area contributed by atoms with Gasteiger partial charge in [0.25, 0.3) is 0 Å². The second kappa shape index (κ2) is 7.45. The van der Waals surface area contributed by atoms with Crippen LogP contribution in [0.5, 0.6) is 0 Å². The molecule has 5 nitrogen and oxygen atoms in total. The van der Waals surface area contributed by atoms with Gasteiger partial charge in [0.05, 0.1) is 28.4 Å². The second-order valence-electron chi connectivity index (χ2n) is 5.94. The number of amides is 2. The van der Waals surface area contributed by atoms with E-state index in [1.165, 1.54) is 0 Å². The Morgan fingerprint density at radius 3 is 3.17 bits per heavy atom. The van der Waals surface area contributed by atoms with E-state index in [0.29, 0.717) is 12.1 Å². The number of carbonyl (C=O) groups is 1. The molecule has 2 amide bonds. The van der Waals surface area contributed by atoms with Gasteiger partial charge in [-0.3, -0.25) is 0 Å². The first-order valence-corrected chi connectivity index (χ1v) is 9.01. The van der Waals surface area contributed by atoms with E-state index >= 15 is 0 Å². The molecule has 1 aromatic heterocycles. The topological polar surface area (TPSA) is 69.0 Å². The van der Waals surface area contributed by atoms with E-state index in [0.717, 1.165) is 42.1 Å². The molecule has 0 radical (unpaired) electrons. The van der Waals surface area contributed by atoms with Crippen molar-refractivity contribution in [3.05, 3.63) is 51.5 Å². The van der Waals surface area contributed by atoms with Gasteiger partial charge in [0, 0.05) is 18.5 Å². The number of nitrogens with zero attached hydrogens (tertiary/aromatic N) is 3. The molecular weight excluding hydrogens is 320 g/mol. The first-order chi connectivity index (χ1) is 11.7. The summed E-state index contributed by atoms with van der Waals surface area (Å²) in [6.45, 7) is 3.33. The van der Waals surface area contributed by atoms with Crippen LogP contribution < -0.4 is 5.32 Å². The molecule has 0 spiro atoms. The van der Waals surface area contributed by atoms with E-state index in [-0.39, 0.29) is 12.1 Å². The highest BCUT2D eigenvalue weighted by molar-refractivity contribution is 7.09. The van der Waals surface area contributed by atoms with E-state index < -0.39 is 0 Å². The predicted octanol–water partition coefficient (Wildman–Crippen LogP) is 3.41. The Morgan fingerprint density at radius 2 is 2.42 bits per heavy atom. The van der Waals surface area contributed by atoms with Gasteiger partial charge in [-0.25, -0.2) is 9.78 Å². The number of thiazole rings is 1. The molecule has 6 heteroatoms. The molecule has 3 rings (SSSR count). The Labute approximate surface area is 145 Å². The standard InChI is InChI=1S/C18H20N4OS/c1-13-21-16(12-24-13)17-6-3-9-22(17)18(23)20-8-7-14-4-2-5-15(10-14)11-19/h2,4-5,10,12,17H,3,6-9H2,1H3,(H,20,23). The summed E-state index contributed by atoms with van der Waals surface area (Å²) in [5.41, 5.74) is 2.71. The lowest BCUT2D eigenvalue weighted by atomic mass is 10.1. The van der Waals surface area contributed by atoms with Crippen molar-refractivity contribution in [3.8, 4) is 6.07 Å². The fraction of sp³-hybridized carbons (Fsp3) is 0.389. The third-order valence-corrected chi connectivity index (χ3v) is 5.03. The molecule has 1 aliphatic rings. The van der Waals surface area contributed by atoms with Gasteiger partial charge in [0.15, 0.2) is 0 Å². The highest BCUT2D eigenvalue weighted by Crippen LogP contribution is 2.32. The van der Waals surface area contributed by atoms with Crippen molar-refractivity contribution in [2.24, 2.45) is 0 Å². The van der Waals surface area contributed by atoms with Crippen LogP contribution in [-0.4, -0.2) is 29.0 Å². The van der Waals surface area contributed by atoms with Crippen molar-refractivity contribution in [3.63, 3.8) is 0 Å². The highest BCUT2D eigenvalue weighted by atomic mass is 32.1. The minimum atomic E-state index is -0.0282. The van der Waals surface area contributed by atoms with Crippen LogP contribution in [0.4, 0.5) is 4.79 Å². The van der Waals surface area contributed by atoms with Crippen LogP contribution in [0, 0.1) is 18.3 Å². The number of aromatic nitrogens is 1. The molecule has 0 saturated carbocycles. The summed E-state index contributed by atoms with van der Waals surface area (Å²) in [6.07, 6.45) is 2.70. The third-order valence-electron chi connectivity index (χ3n) is 4.24. The second-order valence-corrected chi connectivity index (χ2v) is 7.00. The zero-order chi connectivity index (χ0) is 16.9. The van der Waals surface area contributed by atoms with E-state index in [4.69, 9.17) is 5.26 Å². The molecule has 1 saturated heterocycles. The van der Waals surface area contributed by atoms with Gasteiger partial charge < -0.3 is 10.2 Å². The smallest absolute Gasteiger partial charge is 0.317 e. The monoisotopic (exact) mass is 340 g/mol. The Kier molecular flexibility index (Phi) is 5.11. The maximum Gasteiger partial charge on any atom is 0.317 e. The SMILES string of the molecule is Cc1nc(C2CCCN2C(=O)NCCc2cccc(C#N)c2)cs1. The number of hydrogen-bond donors (Lipinski definition) is 1. The lowest BCUT2D eigenvalue weighted by Crippen LogP contribution is -2.40. The molecule has 1 atom stereocenters. The van der Waals surface area contributed by atoms with Gasteiger partial charge in [-0.2, -0.15) is 5.26 Å². The van der Waals surface area contributed by atoms with Gasteiger partial charge in [-0.05, 0) is 43.9 Å². The lowest BCUT2D eigenvalue weighted by Gasteiger charge is -2.23. The maximum atomic E-state index is 12.5. The van der Waals surface area contributed by atoms with E-state index in [1.807, 2.05) is 30.0 Å². The van der Waals surface area contributed by atoms with Crippen molar-refractivity contribution in [1.29, 1.82) is 5.26 Å². The number of nitriles is 1. The van der Waals surface area contributed by atoms with E-state index in [9.17, 15) is 4.79 Å². The molecule has 1 aliphatic heterocycles.